The molecule has 0 aliphatic carbocycles. The first-order valence-electron chi connectivity index (χ1n) is 9.77. The first-order valence-corrected chi connectivity index (χ1v) is 9.77. The van der Waals surface area contributed by atoms with Gasteiger partial charge in [-0.05, 0) is 29.5 Å². The Hall–Kier alpha value is -2.06. The summed E-state index contributed by atoms with van der Waals surface area (Å²) >= 11 is 0. The van der Waals surface area contributed by atoms with Crippen LogP contribution in [0, 0.1) is 19.1 Å². The second kappa shape index (κ2) is 13.5. The van der Waals surface area contributed by atoms with Crippen LogP contribution in [-0.4, -0.2) is 16.9 Å². The number of hydrogen-bond acceptors (Lipinski definition) is 3. The Bertz CT molecular complexity index is 1170. The number of aryl methyl sites for hydroxylation is 1. The third-order valence-corrected chi connectivity index (χ3v) is 4.61. The maximum atomic E-state index is 4.61. The van der Waals surface area contributed by atoms with Crippen molar-refractivity contribution in [1.29, 1.82) is 0 Å². The van der Waals surface area contributed by atoms with Crippen LogP contribution >= 0.6 is 0 Å². The number of nitrogens with zero attached hydrogens (tertiary/aromatic N) is 3. The average molecular weight is 670 g/mol. The fourth-order valence-electron chi connectivity index (χ4n) is 3.03. The standard InChI is InChI=1S/C14H10N.C13H10N2.Pt.Y/c1-2-6-11(7-3-1)14-10-12-8-4-5-9-13(12)15-14;1-11-6-5-9-14-13(11)10-15-12-7-3-2-4-8-12;;/h1-6,8-9H,10H2;2-7,9H,1H3;;/q-1;-2;;. The number of fused-ring (bicyclic) bond motifs is 1. The summed E-state index contributed by atoms with van der Waals surface area (Å²) in [5.41, 5.74) is 7.24. The third kappa shape index (κ3) is 7.24. The van der Waals surface area contributed by atoms with E-state index in [-0.39, 0.29) is 53.8 Å². The van der Waals surface area contributed by atoms with E-state index in [2.05, 4.69) is 57.6 Å². The van der Waals surface area contributed by atoms with E-state index in [1.807, 2.05) is 67.6 Å². The molecule has 1 aliphatic rings. The van der Waals surface area contributed by atoms with Gasteiger partial charge < -0.3 is 9.98 Å². The molecule has 3 nitrogen and oxygen atoms in total. The molecule has 0 saturated heterocycles. The van der Waals surface area contributed by atoms with Crippen molar-refractivity contribution < 1.29 is 53.8 Å². The van der Waals surface area contributed by atoms with Crippen LogP contribution in [0.1, 0.15) is 22.4 Å². The molecule has 159 valence electrons. The number of rotatable bonds is 3. The second-order valence-electron chi connectivity index (χ2n) is 6.78. The normalized spacial score (nSPS) is 11.3. The van der Waals surface area contributed by atoms with Crippen LogP contribution in [0.3, 0.4) is 0 Å². The van der Waals surface area contributed by atoms with Gasteiger partial charge in [0, 0.05) is 60.0 Å². The Morgan fingerprint density at radius 1 is 0.875 bits per heavy atom. The summed E-state index contributed by atoms with van der Waals surface area (Å²) in [7, 11) is 0. The first-order chi connectivity index (χ1) is 14.8. The van der Waals surface area contributed by atoms with Crippen LogP contribution in [0.25, 0.3) is 0 Å². The molecule has 0 amide bonds. The van der Waals surface area contributed by atoms with E-state index >= 15 is 0 Å². The van der Waals surface area contributed by atoms with Gasteiger partial charge in [-0.15, -0.1) is 47.5 Å². The third-order valence-electron chi connectivity index (χ3n) is 4.61. The molecule has 0 unspecified atom stereocenters. The fourth-order valence-corrected chi connectivity index (χ4v) is 3.03. The van der Waals surface area contributed by atoms with Crippen LogP contribution in [0.5, 0.6) is 0 Å². The summed E-state index contributed by atoms with van der Waals surface area (Å²) in [4.78, 5) is 13.0. The van der Waals surface area contributed by atoms with Gasteiger partial charge >= 0.3 is 0 Å². The summed E-state index contributed by atoms with van der Waals surface area (Å²) in [6, 6.07) is 33.9. The van der Waals surface area contributed by atoms with E-state index in [9.17, 15) is 0 Å². The Labute approximate surface area is 229 Å². The van der Waals surface area contributed by atoms with Crippen LogP contribution in [0.2, 0.25) is 0 Å². The molecule has 5 heteroatoms. The predicted octanol–water partition coefficient (Wildman–Crippen LogP) is 5.98. The minimum atomic E-state index is 0. The van der Waals surface area contributed by atoms with Crippen molar-refractivity contribution in [3.05, 3.63) is 126 Å². The molecule has 0 fully saturated rings. The molecule has 0 spiro atoms. The largest absolute Gasteiger partial charge is 0.410 e. The smallest absolute Gasteiger partial charge is 0.0547 e. The maximum absolute atomic E-state index is 4.61. The SMILES string of the molecule is Cc1cccnc1[C-]=Nc1[c-]cccc1.[Pt].[Y].[c-]1ccccc1C1=Nc2ccccc2C1. The quantitative estimate of drug-likeness (QED) is 0.196. The molecule has 1 aromatic heterocycles. The van der Waals surface area contributed by atoms with Gasteiger partial charge in [-0.25, -0.2) is 12.1 Å². The van der Waals surface area contributed by atoms with E-state index in [0.29, 0.717) is 0 Å². The zero-order chi connectivity index (χ0) is 20.6. The summed E-state index contributed by atoms with van der Waals surface area (Å²) in [6.07, 6.45) is 5.57. The summed E-state index contributed by atoms with van der Waals surface area (Å²) in [6.45, 7) is 1.99. The van der Waals surface area contributed by atoms with E-state index in [1.165, 1.54) is 5.56 Å². The Kier molecular flexibility index (Phi) is 11.0. The molecule has 5 rings (SSSR count). The van der Waals surface area contributed by atoms with Gasteiger partial charge in [0.05, 0.1) is 5.69 Å². The molecule has 0 bridgehead atoms. The molecule has 32 heavy (non-hydrogen) atoms. The molecule has 0 saturated carbocycles. The van der Waals surface area contributed by atoms with Crippen molar-refractivity contribution in [2.45, 2.75) is 13.3 Å². The van der Waals surface area contributed by atoms with E-state index in [4.69, 9.17) is 0 Å². The van der Waals surface area contributed by atoms with Crippen molar-refractivity contribution in [2.24, 2.45) is 9.98 Å². The minimum Gasteiger partial charge on any atom is -0.410 e. The average Bonchev–Trinajstić information content (AvgIpc) is 3.25. The zero-order valence-electron chi connectivity index (χ0n) is 17.6. The number of para-hydroxylation sites is 2. The van der Waals surface area contributed by atoms with E-state index < -0.39 is 0 Å². The molecular weight excluding hydrogens is 650 g/mol. The van der Waals surface area contributed by atoms with Gasteiger partial charge in [0.2, 0.25) is 0 Å². The molecule has 1 aliphatic heterocycles. The van der Waals surface area contributed by atoms with Crippen LogP contribution in [0.15, 0.2) is 101 Å². The fraction of sp³-hybridized carbons (Fsp3) is 0.0741. The number of aliphatic imine (C=N–C) groups is 2. The van der Waals surface area contributed by atoms with Gasteiger partial charge in [-0.2, -0.15) is 23.9 Å². The summed E-state index contributed by atoms with van der Waals surface area (Å²) in [5.74, 6) is 0. The molecule has 3 aromatic carbocycles. The van der Waals surface area contributed by atoms with Gasteiger partial charge in [0.25, 0.3) is 0 Å². The number of aromatic nitrogens is 1. The van der Waals surface area contributed by atoms with Crippen LogP contribution < -0.4 is 0 Å². The van der Waals surface area contributed by atoms with Crippen molar-refractivity contribution in [1.82, 2.24) is 4.98 Å². The molecule has 0 N–H and O–H groups in total. The van der Waals surface area contributed by atoms with Crippen molar-refractivity contribution in [3.8, 4) is 0 Å². The first kappa shape index (κ1) is 26.2. The number of hydrogen-bond donors (Lipinski definition) is 0. The van der Waals surface area contributed by atoms with Crippen molar-refractivity contribution >= 4 is 23.3 Å². The number of pyridine rings is 1. The van der Waals surface area contributed by atoms with E-state index in [1.54, 1.807) is 6.20 Å². The molecular formula is C27H20N3PtY-3. The van der Waals surface area contributed by atoms with Crippen molar-refractivity contribution in [3.63, 3.8) is 0 Å². The summed E-state index contributed by atoms with van der Waals surface area (Å²) < 4.78 is 0. The molecule has 2 heterocycles. The minimum absolute atomic E-state index is 0. The Morgan fingerprint density at radius 2 is 1.62 bits per heavy atom. The molecule has 0 atom stereocenters. The maximum Gasteiger partial charge on any atom is 0.0547 e. The van der Waals surface area contributed by atoms with Gasteiger partial charge in [0.15, 0.2) is 0 Å². The zero-order valence-corrected chi connectivity index (χ0v) is 22.7. The topological polar surface area (TPSA) is 37.6 Å². The molecule has 4 aromatic rings. The predicted molar refractivity (Wildman–Crippen MR) is 122 cm³/mol. The van der Waals surface area contributed by atoms with E-state index in [0.717, 1.165) is 40.3 Å². The van der Waals surface area contributed by atoms with Gasteiger partial charge in [0.1, 0.15) is 0 Å². The Balaban J connectivity index is 0.000000214. The van der Waals surface area contributed by atoms with Crippen molar-refractivity contribution in [2.75, 3.05) is 0 Å². The second-order valence-corrected chi connectivity index (χ2v) is 6.78. The summed E-state index contributed by atoms with van der Waals surface area (Å²) in [5, 5.41) is 0. The molecule has 1 radical (unpaired) electrons. The Morgan fingerprint density at radius 3 is 2.31 bits per heavy atom. The van der Waals surface area contributed by atoms with Gasteiger partial charge in [-0.3, -0.25) is 4.98 Å². The number of benzene rings is 3. The van der Waals surface area contributed by atoms with Gasteiger partial charge in [-0.1, -0.05) is 37.4 Å². The van der Waals surface area contributed by atoms with Crippen LogP contribution in [-0.2, 0) is 60.2 Å². The van der Waals surface area contributed by atoms with Crippen LogP contribution in [0.4, 0.5) is 11.4 Å². The monoisotopic (exact) mass is 670 g/mol.